The number of amides is 1. The van der Waals surface area contributed by atoms with Gasteiger partial charge in [0.2, 0.25) is 10.6 Å². The number of nitro benzene ring substituents is 1. The van der Waals surface area contributed by atoms with E-state index in [1.807, 2.05) is 13.8 Å². The number of hydrogen-bond acceptors (Lipinski definition) is 8. The summed E-state index contributed by atoms with van der Waals surface area (Å²) in [6.45, 7) is 5.66. The second-order valence-corrected chi connectivity index (χ2v) is 7.77. The Hall–Kier alpha value is -3.47. The van der Waals surface area contributed by atoms with Gasteiger partial charge in [0.05, 0.1) is 4.92 Å². The minimum Gasteiger partial charge on any atom is -0.295 e. The quantitative estimate of drug-likeness (QED) is 0.484. The molecule has 2 heterocycles. The number of aryl methyl sites for hydroxylation is 1. The fraction of sp³-hybridized carbons (Fsp3) is 0.278. The molecule has 0 atom stereocenters. The lowest BCUT2D eigenvalue weighted by atomic mass is 10.1. The molecule has 1 N–H and O–H groups in total. The third kappa shape index (κ3) is 4.51. The predicted molar refractivity (Wildman–Crippen MR) is 108 cm³/mol. The SMILES string of the molecule is Cc1cc(=O)c(C(=O)Nc2nnc(CC(C)C)s2)nn1-c1ccccc1[N+](=O)[O-]. The third-order valence-corrected chi connectivity index (χ3v) is 4.76. The molecule has 11 heteroatoms. The number of nitro groups is 1. The van der Waals surface area contributed by atoms with Crippen LogP contribution in [0.4, 0.5) is 10.8 Å². The molecule has 0 saturated heterocycles. The van der Waals surface area contributed by atoms with E-state index in [0.717, 1.165) is 11.4 Å². The van der Waals surface area contributed by atoms with Gasteiger partial charge in [-0.15, -0.1) is 10.2 Å². The van der Waals surface area contributed by atoms with Gasteiger partial charge in [0.1, 0.15) is 10.7 Å². The van der Waals surface area contributed by atoms with Gasteiger partial charge in [-0.1, -0.05) is 37.3 Å². The summed E-state index contributed by atoms with van der Waals surface area (Å²) in [4.78, 5) is 35.7. The van der Waals surface area contributed by atoms with E-state index in [0.29, 0.717) is 11.6 Å². The number of carbonyl (C=O) groups is 1. The Morgan fingerprint density at radius 3 is 2.72 bits per heavy atom. The maximum absolute atomic E-state index is 12.6. The normalized spacial score (nSPS) is 10.9. The lowest BCUT2D eigenvalue weighted by Crippen LogP contribution is -2.27. The van der Waals surface area contributed by atoms with Crippen LogP contribution in [0, 0.1) is 23.0 Å². The first kappa shape index (κ1) is 20.3. The summed E-state index contributed by atoms with van der Waals surface area (Å²) >= 11 is 1.22. The highest BCUT2D eigenvalue weighted by Gasteiger charge is 2.21. The van der Waals surface area contributed by atoms with E-state index >= 15 is 0 Å². The van der Waals surface area contributed by atoms with Gasteiger partial charge in [0, 0.05) is 24.2 Å². The zero-order chi connectivity index (χ0) is 21.1. The molecule has 29 heavy (non-hydrogen) atoms. The average molecular weight is 414 g/mol. The smallest absolute Gasteiger partial charge is 0.294 e. The highest BCUT2D eigenvalue weighted by Crippen LogP contribution is 2.22. The van der Waals surface area contributed by atoms with Crippen molar-refractivity contribution >= 4 is 28.1 Å². The summed E-state index contributed by atoms with van der Waals surface area (Å²) in [5.74, 6) is -0.367. The molecular weight excluding hydrogens is 396 g/mol. The molecule has 1 amide bonds. The number of rotatable bonds is 6. The average Bonchev–Trinajstić information content (AvgIpc) is 3.07. The first-order chi connectivity index (χ1) is 13.8. The largest absolute Gasteiger partial charge is 0.295 e. The Balaban J connectivity index is 1.96. The highest BCUT2D eigenvalue weighted by atomic mass is 32.1. The van der Waals surface area contributed by atoms with Crippen molar-refractivity contribution in [1.82, 2.24) is 20.0 Å². The van der Waals surface area contributed by atoms with Gasteiger partial charge in [-0.25, -0.2) is 4.68 Å². The highest BCUT2D eigenvalue weighted by molar-refractivity contribution is 7.15. The van der Waals surface area contributed by atoms with Gasteiger partial charge < -0.3 is 0 Å². The minimum atomic E-state index is -0.755. The summed E-state index contributed by atoms with van der Waals surface area (Å²) in [6.07, 6.45) is 0.723. The Labute approximate surface area is 169 Å². The van der Waals surface area contributed by atoms with E-state index in [-0.39, 0.29) is 16.5 Å². The zero-order valence-corrected chi connectivity index (χ0v) is 16.8. The Morgan fingerprint density at radius 2 is 2.03 bits per heavy atom. The Morgan fingerprint density at radius 1 is 1.31 bits per heavy atom. The molecule has 2 aromatic heterocycles. The van der Waals surface area contributed by atoms with E-state index in [4.69, 9.17) is 0 Å². The molecule has 10 nitrogen and oxygen atoms in total. The van der Waals surface area contributed by atoms with Gasteiger partial charge >= 0.3 is 0 Å². The monoisotopic (exact) mass is 414 g/mol. The summed E-state index contributed by atoms with van der Waals surface area (Å²) < 4.78 is 1.21. The van der Waals surface area contributed by atoms with Crippen molar-refractivity contribution < 1.29 is 9.72 Å². The second-order valence-electron chi connectivity index (χ2n) is 6.71. The molecule has 0 unspecified atom stereocenters. The molecule has 3 rings (SSSR count). The van der Waals surface area contributed by atoms with Crippen LogP contribution in [-0.2, 0) is 6.42 Å². The fourth-order valence-electron chi connectivity index (χ4n) is 2.64. The van der Waals surface area contributed by atoms with Crippen LogP contribution < -0.4 is 10.7 Å². The molecule has 0 spiro atoms. The molecule has 3 aromatic rings. The van der Waals surface area contributed by atoms with Crippen LogP contribution >= 0.6 is 11.3 Å². The first-order valence-electron chi connectivity index (χ1n) is 8.74. The van der Waals surface area contributed by atoms with Crippen LogP contribution in [0.3, 0.4) is 0 Å². The van der Waals surface area contributed by atoms with Gasteiger partial charge in [-0.05, 0) is 18.9 Å². The number of benzene rings is 1. The third-order valence-electron chi connectivity index (χ3n) is 3.90. The van der Waals surface area contributed by atoms with E-state index in [2.05, 4.69) is 20.6 Å². The second kappa shape index (κ2) is 8.27. The van der Waals surface area contributed by atoms with Gasteiger partial charge in [-0.2, -0.15) is 5.10 Å². The fourth-order valence-corrected chi connectivity index (χ4v) is 3.59. The zero-order valence-electron chi connectivity index (χ0n) is 15.9. The number of hydrogen-bond donors (Lipinski definition) is 1. The van der Waals surface area contributed by atoms with Crippen molar-refractivity contribution in [2.45, 2.75) is 27.2 Å². The van der Waals surface area contributed by atoms with Gasteiger partial charge in [0.25, 0.3) is 11.6 Å². The van der Waals surface area contributed by atoms with E-state index in [1.54, 1.807) is 13.0 Å². The summed E-state index contributed by atoms with van der Waals surface area (Å²) in [6, 6.07) is 7.16. The molecular formula is C18H18N6O4S. The standard InChI is InChI=1S/C18H18N6O4S/c1-10(2)8-15-20-21-18(29-15)19-17(26)16-14(25)9-11(3)23(22-16)12-6-4-5-7-13(12)24(27)28/h4-7,9-10H,8H2,1-3H3,(H,19,21,26). The molecule has 0 aliphatic heterocycles. The molecule has 1 aromatic carbocycles. The predicted octanol–water partition coefficient (Wildman–Crippen LogP) is 2.75. The van der Waals surface area contributed by atoms with Crippen molar-refractivity contribution in [3.8, 4) is 5.69 Å². The van der Waals surface area contributed by atoms with Gasteiger partial charge in [-0.3, -0.25) is 25.0 Å². The Kier molecular flexibility index (Phi) is 5.78. The number of anilines is 1. The van der Waals surface area contributed by atoms with Crippen molar-refractivity contribution in [2.75, 3.05) is 5.32 Å². The number of nitrogens with zero attached hydrogens (tertiary/aromatic N) is 5. The summed E-state index contributed by atoms with van der Waals surface area (Å²) in [5.41, 5.74) is -0.674. The lowest BCUT2D eigenvalue weighted by molar-refractivity contribution is -0.384. The van der Waals surface area contributed by atoms with Crippen LogP contribution in [0.5, 0.6) is 0 Å². The van der Waals surface area contributed by atoms with Crippen LogP contribution in [0.1, 0.15) is 35.0 Å². The molecule has 150 valence electrons. The molecule has 0 aliphatic carbocycles. The van der Waals surface area contributed by atoms with Crippen LogP contribution in [0.25, 0.3) is 5.69 Å². The number of carbonyl (C=O) groups excluding carboxylic acids is 1. The molecule has 0 saturated carbocycles. The van der Waals surface area contributed by atoms with E-state index in [1.165, 1.54) is 40.3 Å². The molecule has 0 radical (unpaired) electrons. The molecule has 0 aliphatic rings. The van der Waals surface area contributed by atoms with Crippen LogP contribution in [0.2, 0.25) is 0 Å². The van der Waals surface area contributed by atoms with Crippen LogP contribution in [-0.4, -0.2) is 30.8 Å². The van der Waals surface area contributed by atoms with Crippen LogP contribution in [0.15, 0.2) is 35.1 Å². The number of para-hydroxylation sites is 2. The lowest BCUT2D eigenvalue weighted by Gasteiger charge is -2.11. The molecule has 0 bridgehead atoms. The summed E-state index contributed by atoms with van der Waals surface area (Å²) in [5, 5.41) is 26.9. The Bertz CT molecular complexity index is 1140. The number of aromatic nitrogens is 4. The van der Waals surface area contributed by atoms with Crippen molar-refractivity contribution in [1.29, 1.82) is 0 Å². The van der Waals surface area contributed by atoms with Crippen molar-refractivity contribution in [3.63, 3.8) is 0 Å². The first-order valence-corrected chi connectivity index (χ1v) is 9.56. The van der Waals surface area contributed by atoms with E-state index < -0.39 is 22.0 Å². The molecule has 0 fully saturated rings. The number of nitrogens with one attached hydrogen (secondary N) is 1. The maximum atomic E-state index is 12.6. The van der Waals surface area contributed by atoms with Crippen molar-refractivity contribution in [3.05, 3.63) is 67.1 Å². The maximum Gasteiger partial charge on any atom is 0.294 e. The minimum absolute atomic E-state index is 0.152. The summed E-state index contributed by atoms with van der Waals surface area (Å²) in [7, 11) is 0. The van der Waals surface area contributed by atoms with E-state index in [9.17, 15) is 19.7 Å². The topological polar surface area (TPSA) is 133 Å². The van der Waals surface area contributed by atoms with Gasteiger partial charge in [0.15, 0.2) is 5.69 Å². The van der Waals surface area contributed by atoms with Crippen molar-refractivity contribution in [2.24, 2.45) is 5.92 Å².